The maximum atomic E-state index is 13.5. The van der Waals surface area contributed by atoms with Gasteiger partial charge in [0.25, 0.3) is 0 Å². The van der Waals surface area contributed by atoms with Crippen molar-refractivity contribution in [2.45, 2.75) is 12.8 Å². The normalized spacial score (nSPS) is 23.7. The Morgan fingerprint density at radius 3 is 3.00 bits per heavy atom. The van der Waals surface area contributed by atoms with Crippen LogP contribution < -0.4 is 0 Å². The van der Waals surface area contributed by atoms with Gasteiger partial charge in [0.05, 0.1) is 0 Å². The van der Waals surface area contributed by atoms with Gasteiger partial charge in [0.15, 0.2) is 0 Å². The zero-order valence-electron chi connectivity index (χ0n) is 8.41. The van der Waals surface area contributed by atoms with Crippen LogP contribution in [0.25, 0.3) is 5.57 Å². The molecule has 3 rings (SSSR count). The van der Waals surface area contributed by atoms with Crippen molar-refractivity contribution in [1.29, 1.82) is 0 Å². The second-order valence-corrected chi connectivity index (χ2v) is 5.52. The smallest absolute Gasteiger partial charge is 0.106 e. The van der Waals surface area contributed by atoms with Gasteiger partial charge in [-0.3, -0.25) is 0 Å². The van der Waals surface area contributed by atoms with Crippen LogP contribution in [0.2, 0.25) is 0 Å². The molecule has 0 amide bonds. The van der Waals surface area contributed by atoms with Gasteiger partial charge in [-0.25, -0.2) is 4.20 Å². The molecule has 1 atom stereocenters. The molecule has 1 aromatic rings. The first-order chi connectivity index (χ1) is 7.34. The van der Waals surface area contributed by atoms with E-state index >= 15 is 0 Å². The SMILES string of the molecule is FP1C=C2Cc3ccccc3C2=CCC1. The molecule has 0 nitrogen and oxygen atoms in total. The minimum absolute atomic E-state index is 0.699. The van der Waals surface area contributed by atoms with Gasteiger partial charge < -0.3 is 0 Å². The van der Waals surface area contributed by atoms with Crippen molar-refractivity contribution in [2.24, 2.45) is 0 Å². The van der Waals surface area contributed by atoms with Crippen LogP contribution in [0.3, 0.4) is 0 Å². The topological polar surface area (TPSA) is 0 Å². The standard InChI is InChI=1S/C13H12FP/c14-15-7-3-6-13-11(9-15)8-10-4-1-2-5-12(10)13/h1-2,4-6,9H,3,7-8H2. The third-order valence-corrected chi connectivity index (χ3v) is 4.30. The highest BCUT2D eigenvalue weighted by molar-refractivity contribution is 7.55. The van der Waals surface area contributed by atoms with Gasteiger partial charge in [0.2, 0.25) is 0 Å². The van der Waals surface area contributed by atoms with E-state index in [0.29, 0.717) is 6.16 Å². The first kappa shape index (κ1) is 9.30. The zero-order valence-corrected chi connectivity index (χ0v) is 9.31. The van der Waals surface area contributed by atoms with Crippen molar-refractivity contribution < 1.29 is 4.20 Å². The molecule has 0 radical (unpaired) electrons. The van der Waals surface area contributed by atoms with Crippen LogP contribution in [0.4, 0.5) is 4.20 Å². The Morgan fingerprint density at radius 1 is 1.20 bits per heavy atom. The van der Waals surface area contributed by atoms with Gasteiger partial charge in [-0.1, -0.05) is 30.3 Å². The van der Waals surface area contributed by atoms with Crippen molar-refractivity contribution in [2.75, 3.05) is 6.16 Å². The molecule has 1 aromatic carbocycles. The number of benzene rings is 1. The van der Waals surface area contributed by atoms with Crippen LogP contribution in [0, 0.1) is 0 Å². The monoisotopic (exact) mass is 218 g/mol. The molecule has 15 heavy (non-hydrogen) atoms. The maximum absolute atomic E-state index is 13.5. The van der Waals surface area contributed by atoms with Crippen molar-refractivity contribution >= 4 is 13.8 Å². The number of hydrogen-bond acceptors (Lipinski definition) is 0. The van der Waals surface area contributed by atoms with Crippen LogP contribution in [0.5, 0.6) is 0 Å². The maximum Gasteiger partial charge on any atom is 0.106 e. The summed E-state index contributed by atoms with van der Waals surface area (Å²) in [6.07, 6.45) is 4.71. The molecule has 1 aliphatic carbocycles. The summed E-state index contributed by atoms with van der Waals surface area (Å²) in [7, 11) is -1.37. The van der Waals surface area contributed by atoms with Crippen LogP contribution in [0.15, 0.2) is 41.7 Å². The molecule has 0 bridgehead atoms. The van der Waals surface area contributed by atoms with E-state index in [0.717, 1.165) is 12.8 Å². The first-order valence-corrected chi connectivity index (χ1v) is 6.75. The summed E-state index contributed by atoms with van der Waals surface area (Å²) in [6, 6.07) is 8.41. The van der Waals surface area contributed by atoms with Crippen LogP contribution in [0.1, 0.15) is 17.5 Å². The minimum atomic E-state index is -1.37. The third kappa shape index (κ3) is 1.55. The fourth-order valence-corrected chi connectivity index (χ4v) is 3.41. The summed E-state index contributed by atoms with van der Waals surface area (Å²) in [4.78, 5) is 0. The molecule has 0 aromatic heterocycles. The van der Waals surface area contributed by atoms with Crippen molar-refractivity contribution in [1.82, 2.24) is 0 Å². The van der Waals surface area contributed by atoms with Crippen molar-refractivity contribution in [3.63, 3.8) is 0 Å². The molecule has 0 N–H and O–H groups in total. The average molecular weight is 218 g/mol. The van der Waals surface area contributed by atoms with Crippen molar-refractivity contribution in [3.8, 4) is 0 Å². The quantitative estimate of drug-likeness (QED) is 0.570. The van der Waals surface area contributed by atoms with Crippen LogP contribution in [-0.2, 0) is 6.42 Å². The number of fused-ring (bicyclic) bond motifs is 3. The van der Waals surface area contributed by atoms with E-state index in [9.17, 15) is 4.20 Å². The largest absolute Gasteiger partial charge is 0.223 e. The second-order valence-electron chi connectivity index (χ2n) is 4.02. The number of hydrogen-bond donors (Lipinski definition) is 0. The number of rotatable bonds is 0. The highest BCUT2D eigenvalue weighted by atomic mass is 31.2. The Morgan fingerprint density at radius 2 is 2.07 bits per heavy atom. The average Bonchev–Trinajstić information content (AvgIpc) is 2.46. The van der Waals surface area contributed by atoms with Crippen LogP contribution in [-0.4, -0.2) is 6.16 Å². The molecule has 76 valence electrons. The summed E-state index contributed by atoms with van der Waals surface area (Å²) in [5.74, 6) is 1.87. The first-order valence-electron chi connectivity index (χ1n) is 5.26. The lowest BCUT2D eigenvalue weighted by Gasteiger charge is -1.99. The lowest BCUT2D eigenvalue weighted by molar-refractivity contribution is 0.893. The molecule has 0 saturated carbocycles. The Balaban J connectivity index is 2.13. The second kappa shape index (κ2) is 3.57. The van der Waals surface area contributed by atoms with Gasteiger partial charge in [0, 0.05) is 6.16 Å². The van der Waals surface area contributed by atoms with E-state index in [2.05, 4.69) is 30.3 Å². The molecule has 0 fully saturated rings. The molecule has 1 heterocycles. The molecular formula is C13H12FP. The van der Waals surface area contributed by atoms with Gasteiger partial charge >= 0.3 is 0 Å². The molecule has 1 aliphatic heterocycles. The fourth-order valence-electron chi connectivity index (χ4n) is 2.33. The highest BCUT2D eigenvalue weighted by Gasteiger charge is 2.23. The van der Waals surface area contributed by atoms with E-state index in [-0.39, 0.29) is 0 Å². The lowest BCUT2D eigenvalue weighted by Crippen LogP contribution is -1.79. The summed E-state index contributed by atoms with van der Waals surface area (Å²) in [5, 5.41) is 0. The fraction of sp³-hybridized carbons (Fsp3) is 0.231. The molecule has 2 heteroatoms. The molecule has 0 spiro atoms. The van der Waals surface area contributed by atoms with Crippen molar-refractivity contribution in [3.05, 3.63) is 52.9 Å². The Labute approximate surface area is 90.4 Å². The Kier molecular flexibility index (Phi) is 2.21. The van der Waals surface area contributed by atoms with E-state index in [4.69, 9.17) is 0 Å². The highest BCUT2D eigenvalue weighted by Crippen LogP contribution is 2.48. The van der Waals surface area contributed by atoms with Gasteiger partial charge in [-0.15, -0.1) is 0 Å². The van der Waals surface area contributed by atoms with Gasteiger partial charge in [0.1, 0.15) is 8.23 Å². The van der Waals surface area contributed by atoms with E-state index < -0.39 is 8.23 Å². The van der Waals surface area contributed by atoms with Gasteiger partial charge in [-0.2, -0.15) is 0 Å². The summed E-state index contributed by atoms with van der Waals surface area (Å²) in [5.41, 5.74) is 5.16. The summed E-state index contributed by atoms with van der Waals surface area (Å²) < 4.78 is 13.5. The van der Waals surface area contributed by atoms with Crippen LogP contribution >= 0.6 is 8.23 Å². The summed E-state index contributed by atoms with van der Waals surface area (Å²) in [6.45, 7) is 0. The Hall–Kier alpha value is -0.940. The van der Waals surface area contributed by atoms with E-state index in [1.807, 2.05) is 5.82 Å². The predicted molar refractivity (Wildman–Crippen MR) is 63.7 cm³/mol. The molecule has 2 aliphatic rings. The Bertz CT molecular complexity index is 459. The van der Waals surface area contributed by atoms with Gasteiger partial charge in [-0.05, 0) is 40.9 Å². The van der Waals surface area contributed by atoms with E-state index in [1.165, 1.54) is 22.3 Å². The zero-order chi connectivity index (χ0) is 10.3. The number of halogens is 1. The summed E-state index contributed by atoms with van der Waals surface area (Å²) >= 11 is 0. The third-order valence-electron chi connectivity index (χ3n) is 3.02. The molecular weight excluding hydrogens is 206 g/mol. The molecule has 0 saturated heterocycles. The number of allylic oxidation sites excluding steroid dienone is 3. The van der Waals surface area contributed by atoms with E-state index in [1.54, 1.807) is 0 Å². The minimum Gasteiger partial charge on any atom is -0.223 e. The molecule has 1 unspecified atom stereocenters. The lowest BCUT2D eigenvalue weighted by atomic mass is 10.1. The predicted octanol–water partition coefficient (Wildman–Crippen LogP) is 4.28.